The summed E-state index contributed by atoms with van der Waals surface area (Å²) in [6, 6.07) is 4.32. The number of halogens is 1. The van der Waals surface area contributed by atoms with Crippen LogP contribution in [0.15, 0.2) is 30.6 Å². The molecule has 7 heteroatoms. The van der Waals surface area contributed by atoms with Crippen LogP contribution in [0.3, 0.4) is 0 Å². The maximum atomic E-state index is 10.8. The van der Waals surface area contributed by atoms with Crippen LogP contribution in [0.4, 0.5) is 5.69 Å². The van der Waals surface area contributed by atoms with Crippen molar-refractivity contribution in [1.29, 1.82) is 0 Å². The first-order valence-corrected chi connectivity index (χ1v) is 5.08. The molecule has 1 N–H and O–H groups in total. The summed E-state index contributed by atoms with van der Waals surface area (Å²) < 4.78 is 1.40. The fourth-order valence-electron chi connectivity index (χ4n) is 1.47. The number of hydrogen-bond donors (Lipinski definition) is 1. The minimum atomic E-state index is -0.477. The number of nitrogens with zero attached hydrogens (tertiary/aromatic N) is 3. The number of hydrogen-bond acceptors (Lipinski definition) is 4. The van der Waals surface area contributed by atoms with Crippen molar-refractivity contribution in [3.05, 3.63) is 51.3 Å². The fourth-order valence-corrected chi connectivity index (χ4v) is 1.67. The molecule has 0 aliphatic carbocycles. The van der Waals surface area contributed by atoms with Gasteiger partial charge in [0.2, 0.25) is 0 Å². The zero-order valence-electron chi connectivity index (χ0n) is 8.58. The Morgan fingerprint density at radius 1 is 1.53 bits per heavy atom. The van der Waals surface area contributed by atoms with Crippen molar-refractivity contribution in [3.8, 4) is 5.75 Å². The Hall–Kier alpha value is -2.08. The van der Waals surface area contributed by atoms with Gasteiger partial charge in [0.05, 0.1) is 29.4 Å². The predicted molar refractivity (Wildman–Crippen MR) is 61.1 cm³/mol. The van der Waals surface area contributed by atoms with Gasteiger partial charge in [-0.1, -0.05) is 11.6 Å². The second kappa shape index (κ2) is 4.42. The van der Waals surface area contributed by atoms with Crippen LogP contribution in [-0.2, 0) is 6.54 Å². The average molecular weight is 254 g/mol. The topological polar surface area (TPSA) is 81.2 Å². The molecule has 0 amide bonds. The molecule has 0 bridgehead atoms. The van der Waals surface area contributed by atoms with Crippen molar-refractivity contribution in [3.63, 3.8) is 0 Å². The third-order valence-electron chi connectivity index (χ3n) is 2.19. The predicted octanol–water partition coefficient (Wildman–Crippen LogP) is 2.20. The molecule has 2 aromatic rings. The second-order valence-corrected chi connectivity index (χ2v) is 3.86. The highest BCUT2D eigenvalue weighted by molar-refractivity contribution is 6.30. The van der Waals surface area contributed by atoms with Crippen LogP contribution >= 0.6 is 11.6 Å². The highest BCUT2D eigenvalue weighted by Gasteiger charge is 2.14. The third kappa shape index (κ3) is 2.54. The summed E-state index contributed by atoms with van der Waals surface area (Å²) >= 11 is 5.79. The number of nitro benzene ring substituents is 1. The minimum absolute atomic E-state index is 0.00896. The number of benzene rings is 1. The summed E-state index contributed by atoms with van der Waals surface area (Å²) in [5, 5.41) is 24.2. The molecule has 1 heterocycles. The molecule has 0 saturated carbocycles. The lowest BCUT2D eigenvalue weighted by molar-refractivity contribution is -0.385. The van der Waals surface area contributed by atoms with Crippen molar-refractivity contribution < 1.29 is 10.0 Å². The van der Waals surface area contributed by atoms with Crippen LogP contribution in [0.5, 0.6) is 5.75 Å². The van der Waals surface area contributed by atoms with Crippen LogP contribution in [0.1, 0.15) is 5.56 Å². The molecule has 88 valence electrons. The lowest BCUT2D eigenvalue weighted by Crippen LogP contribution is -2.03. The average Bonchev–Trinajstić information content (AvgIpc) is 2.63. The largest absolute Gasteiger partial charge is 0.505 e. The molecule has 0 unspecified atom stereocenters. The normalized spacial score (nSPS) is 10.4. The van der Waals surface area contributed by atoms with E-state index in [1.54, 1.807) is 0 Å². The summed E-state index contributed by atoms with van der Waals surface area (Å²) in [5.74, 6) is 0.00896. The number of aromatic nitrogens is 2. The van der Waals surface area contributed by atoms with Gasteiger partial charge in [0.1, 0.15) is 0 Å². The zero-order valence-corrected chi connectivity index (χ0v) is 9.33. The van der Waals surface area contributed by atoms with Gasteiger partial charge in [0, 0.05) is 11.1 Å². The van der Waals surface area contributed by atoms with Gasteiger partial charge in [-0.3, -0.25) is 14.8 Å². The van der Waals surface area contributed by atoms with E-state index in [2.05, 4.69) is 5.10 Å². The molecular weight excluding hydrogens is 246 g/mol. The van der Waals surface area contributed by atoms with Crippen molar-refractivity contribution in [2.24, 2.45) is 0 Å². The van der Waals surface area contributed by atoms with Crippen LogP contribution in [-0.4, -0.2) is 19.8 Å². The summed E-state index contributed by atoms with van der Waals surface area (Å²) in [6.07, 6.45) is 2.64. The Bertz CT molecular complexity index is 568. The van der Waals surface area contributed by atoms with Crippen LogP contribution in [0.25, 0.3) is 0 Å². The Labute approximate surface area is 101 Å². The van der Waals surface area contributed by atoms with Gasteiger partial charge >= 0.3 is 0 Å². The van der Waals surface area contributed by atoms with Crippen molar-refractivity contribution in [1.82, 2.24) is 9.78 Å². The van der Waals surface area contributed by atoms with Crippen LogP contribution in [0, 0.1) is 10.1 Å². The standard InChI is InChI=1S/C10H8ClN3O3/c11-8-1-2-10(14(16)17)7(3-8)5-13-6-9(15)4-12-13/h1-4,6,15H,5H2. The molecule has 17 heavy (non-hydrogen) atoms. The van der Waals surface area contributed by atoms with E-state index >= 15 is 0 Å². The summed E-state index contributed by atoms with van der Waals surface area (Å²) in [7, 11) is 0. The van der Waals surface area contributed by atoms with E-state index < -0.39 is 4.92 Å². The maximum absolute atomic E-state index is 10.8. The first-order chi connectivity index (χ1) is 8.06. The molecule has 6 nitrogen and oxygen atoms in total. The van der Waals surface area contributed by atoms with Gasteiger partial charge in [0.25, 0.3) is 5.69 Å². The van der Waals surface area contributed by atoms with Crippen molar-refractivity contribution in [2.45, 2.75) is 6.54 Å². The Balaban J connectivity index is 2.37. The molecule has 0 saturated heterocycles. The van der Waals surface area contributed by atoms with E-state index in [0.717, 1.165) is 0 Å². The molecule has 1 aromatic carbocycles. The number of nitro groups is 1. The molecule has 0 aliphatic heterocycles. The first kappa shape index (κ1) is 11.4. The van der Waals surface area contributed by atoms with Gasteiger partial charge in [-0.25, -0.2) is 0 Å². The monoisotopic (exact) mass is 253 g/mol. The van der Waals surface area contributed by atoms with Gasteiger partial charge in [-0.05, 0) is 12.1 Å². The lowest BCUT2D eigenvalue weighted by Gasteiger charge is -2.03. The van der Waals surface area contributed by atoms with E-state index in [4.69, 9.17) is 16.7 Å². The molecule has 0 atom stereocenters. The Morgan fingerprint density at radius 2 is 2.29 bits per heavy atom. The van der Waals surface area contributed by atoms with E-state index in [1.165, 1.54) is 35.3 Å². The Morgan fingerprint density at radius 3 is 2.88 bits per heavy atom. The van der Waals surface area contributed by atoms with Crippen LogP contribution < -0.4 is 0 Å². The summed E-state index contributed by atoms with van der Waals surface area (Å²) in [5.41, 5.74) is 0.412. The summed E-state index contributed by atoms with van der Waals surface area (Å²) in [6.45, 7) is 0.178. The Kier molecular flexibility index (Phi) is 2.97. The fraction of sp³-hybridized carbons (Fsp3) is 0.100. The smallest absolute Gasteiger partial charge is 0.274 e. The quantitative estimate of drug-likeness (QED) is 0.672. The molecule has 0 radical (unpaired) electrons. The second-order valence-electron chi connectivity index (χ2n) is 3.43. The van der Waals surface area contributed by atoms with E-state index in [0.29, 0.717) is 10.6 Å². The van der Waals surface area contributed by atoms with E-state index in [-0.39, 0.29) is 18.0 Å². The van der Waals surface area contributed by atoms with E-state index in [1.807, 2.05) is 0 Å². The summed E-state index contributed by atoms with van der Waals surface area (Å²) in [4.78, 5) is 10.3. The lowest BCUT2D eigenvalue weighted by atomic mass is 10.2. The maximum Gasteiger partial charge on any atom is 0.274 e. The van der Waals surface area contributed by atoms with Gasteiger partial charge < -0.3 is 5.11 Å². The highest BCUT2D eigenvalue weighted by atomic mass is 35.5. The number of rotatable bonds is 3. The molecule has 2 rings (SSSR count). The van der Waals surface area contributed by atoms with Gasteiger partial charge in [0.15, 0.2) is 5.75 Å². The van der Waals surface area contributed by atoms with Gasteiger partial charge in [-0.15, -0.1) is 0 Å². The van der Waals surface area contributed by atoms with E-state index in [9.17, 15) is 10.1 Å². The minimum Gasteiger partial charge on any atom is -0.505 e. The zero-order chi connectivity index (χ0) is 12.4. The first-order valence-electron chi connectivity index (χ1n) is 4.70. The molecular formula is C10H8ClN3O3. The molecule has 1 aromatic heterocycles. The highest BCUT2D eigenvalue weighted by Crippen LogP contribution is 2.23. The van der Waals surface area contributed by atoms with Crippen molar-refractivity contribution >= 4 is 17.3 Å². The SMILES string of the molecule is O=[N+]([O-])c1ccc(Cl)cc1Cn1cc(O)cn1. The number of aromatic hydroxyl groups is 1. The van der Waals surface area contributed by atoms with Gasteiger partial charge in [-0.2, -0.15) is 5.10 Å². The molecule has 0 spiro atoms. The molecule has 0 fully saturated rings. The van der Waals surface area contributed by atoms with Crippen LogP contribution in [0.2, 0.25) is 5.02 Å². The third-order valence-corrected chi connectivity index (χ3v) is 2.43. The molecule has 0 aliphatic rings. The van der Waals surface area contributed by atoms with Crippen molar-refractivity contribution in [2.75, 3.05) is 0 Å².